The summed E-state index contributed by atoms with van der Waals surface area (Å²) >= 11 is 0. The Morgan fingerprint density at radius 1 is 1.00 bits per heavy atom. The zero-order valence-electron chi connectivity index (χ0n) is 34.7. The molecule has 0 radical (unpaired) electrons. The highest BCUT2D eigenvalue weighted by Gasteiger charge is 2.42. The van der Waals surface area contributed by atoms with E-state index in [4.69, 9.17) is 28.9 Å². The number of imidazole rings is 1. The minimum absolute atomic E-state index is 0.105. The fourth-order valence-corrected chi connectivity index (χ4v) is 9.09. The van der Waals surface area contributed by atoms with Gasteiger partial charge in [0, 0.05) is 43.8 Å². The topological polar surface area (TPSA) is 148 Å². The molecule has 13 heteroatoms. The summed E-state index contributed by atoms with van der Waals surface area (Å²) in [6.45, 7) is 13.8. The van der Waals surface area contributed by atoms with Crippen LogP contribution in [-0.4, -0.2) is 95.2 Å². The van der Waals surface area contributed by atoms with Crippen LogP contribution in [0.1, 0.15) is 77.4 Å². The van der Waals surface area contributed by atoms with Gasteiger partial charge in [-0.25, -0.2) is 14.6 Å². The number of nitrogens with one attached hydrogen (secondary N) is 2. The Morgan fingerprint density at radius 3 is 2.55 bits per heavy atom. The molecular weight excluding hydrogens is 737 g/mol. The minimum Gasteiger partial charge on any atom is -0.488 e. The van der Waals surface area contributed by atoms with Crippen molar-refractivity contribution in [3.05, 3.63) is 65.6 Å². The van der Waals surface area contributed by atoms with E-state index < -0.39 is 17.7 Å². The zero-order valence-corrected chi connectivity index (χ0v) is 34.7. The van der Waals surface area contributed by atoms with Crippen molar-refractivity contribution >= 4 is 40.3 Å². The highest BCUT2D eigenvalue weighted by Crippen LogP contribution is 2.45. The molecule has 8 rings (SSSR count). The molecule has 5 atom stereocenters. The van der Waals surface area contributed by atoms with E-state index in [-0.39, 0.29) is 35.9 Å². The number of methoxy groups -OCH3 is 2. The van der Waals surface area contributed by atoms with Crippen LogP contribution in [0.25, 0.3) is 33.2 Å². The van der Waals surface area contributed by atoms with Gasteiger partial charge in [0.05, 0.1) is 43.4 Å². The summed E-state index contributed by atoms with van der Waals surface area (Å²) in [5, 5.41) is 4.95. The fourth-order valence-electron chi connectivity index (χ4n) is 9.09. The highest BCUT2D eigenvalue weighted by atomic mass is 16.6. The van der Waals surface area contributed by atoms with E-state index in [0.717, 1.165) is 80.1 Å². The number of carbonyl (C=O) groups is 3. The molecule has 0 saturated carbocycles. The number of H-pyrrole nitrogens is 1. The number of aliphatic imine (C=N–C) groups is 1. The lowest BCUT2D eigenvalue weighted by atomic mass is 9.90. The summed E-state index contributed by atoms with van der Waals surface area (Å²) < 4.78 is 22.5. The Balaban J connectivity index is 1.02. The van der Waals surface area contributed by atoms with E-state index in [2.05, 4.69) is 59.7 Å². The van der Waals surface area contributed by atoms with Gasteiger partial charge in [0.25, 0.3) is 0 Å². The highest BCUT2D eigenvalue weighted by molar-refractivity contribution is 6.06. The molecule has 1 aromatic heterocycles. The molecule has 4 aliphatic heterocycles. The molecule has 58 heavy (non-hydrogen) atoms. The molecule has 1 unspecified atom stereocenters. The van der Waals surface area contributed by atoms with Gasteiger partial charge in [0.1, 0.15) is 29.8 Å². The van der Waals surface area contributed by atoms with Crippen molar-refractivity contribution in [1.29, 1.82) is 0 Å². The van der Waals surface area contributed by atoms with Gasteiger partial charge in [0.15, 0.2) is 0 Å². The number of ether oxygens (including phenoxy) is 4. The minimum atomic E-state index is -0.687. The summed E-state index contributed by atoms with van der Waals surface area (Å²) in [5.41, 5.74) is 7.50. The van der Waals surface area contributed by atoms with Gasteiger partial charge in [-0.1, -0.05) is 39.0 Å². The second-order valence-electron chi connectivity index (χ2n) is 17.7. The molecule has 4 aromatic rings. The molecule has 3 aromatic carbocycles. The number of rotatable bonds is 8. The number of carbonyl (C=O) groups excluding carboxylic acids is 3. The number of hydrogen-bond acceptors (Lipinski definition) is 9. The number of amides is 3. The van der Waals surface area contributed by atoms with Crippen LogP contribution in [0.5, 0.6) is 5.75 Å². The molecule has 0 aliphatic carbocycles. The first kappa shape index (κ1) is 39.4. The van der Waals surface area contributed by atoms with E-state index in [0.29, 0.717) is 38.6 Å². The van der Waals surface area contributed by atoms with Crippen molar-refractivity contribution in [2.45, 2.75) is 91.1 Å². The van der Waals surface area contributed by atoms with Crippen LogP contribution < -0.4 is 10.1 Å². The molecule has 4 aliphatic rings. The van der Waals surface area contributed by atoms with Crippen molar-refractivity contribution in [1.82, 2.24) is 25.1 Å². The van der Waals surface area contributed by atoms with Crippen LogP contribution in [0.15, 0.2) is 53.7 Å². The first-order valence-corrected chi connectivity index (χ1v) is 20.3. The Morgan fingerprint density at radius 2 is 1.81 bits per heavy atom. The van der Waals surface area contributed by atoms with E-state index >= 15 is 0 Å². The van der Waals surface area contributed by atoms with Crippen LogP contribution >= 0.6 is 0 Å². The molecule has 13 nitrogen and oxygen atoms in total. The predicted molar refractivity (Wildman–Crippen MR) is 221 cm³/mol. The number of aromatic nitrogens is 2. The summed E-state index contributed by atoms with van der Waals surface area (Å²) in [7, 11) is 2.99. The largest absolute Gasteiger partial charge is 0.488 e. The van der Waals surface area contributed by atoms with E-state index in [1.54, 1.807) is 12.0 Å². The summed E-state index contributed by atoms with van der Waals surface area (Å²) in [4.78, 5) is 56.3. The Bertz CT molecular complexity index is 2290. The normalized spacial score (nSPS) is 21.6. The maximum Gasteiger partial charge on any atom is 0.410 e. The monoisotopic (exact) mass is 790 g/mol. The van der Waals surface area contributed by atoms with Gasteiger partial charge in [-0.15, -0.1) is 0 Å². The molecule has 5 heterocycles. The number of likely N-dealkylation sites (tertiary alicyclic amines) is 2. The number of alkyl carbamates (subject to hydrolysis) is 1. The third kappa shape index (κ3) is 7.52. The van der Waals surface area contributed by atoms with E-state index in [1.807, 2.05) is 45.7 Å². The van der Waals surface area contributed by atoms with E-state index in [9.17, 15) is 14.4 Å². The molecular formula is C45H54N6O7. The quantitative estimate of drug-likeness (QED) is 0.183. The maximum atomic E-state index is 13.9. The van der Waals surface area contributed by atoms with Gasteiger partial charge in [-0.2, -0.15) is 0 Å². The summed E-state index contributed by atoms with van der Waals surface area (Å²) in [6, 6.07) is 13.9. The number of hydrogen-bond donors (Lipinski definition) is 2. The molecule has 0 bridgehead atoms. The zero-order chi connectivity index (χ0) is 41.0. The summed E-state index contributed by atoms with van der Waals surface area (Å²) in [5.74, 6) is 1.82. The molecule has 2 N–H and O–H groups in total. The molecule has 306 valence electrons. The number of nitrogens with zero attached hydrogens (tertiary/aromatic N) is 4. The van der Waals surface area contributed by atoms with Gasteiger partial charge in [-0.3, -0.25) is 14.7 Å². The van der Waals surface area contributed by atoms with Crippen molar-refractivity contribution in [3.63, 3.8) is 0 Å². The number of fused-ring (bicyclic) bond motifs is 6. The number of aromatic amines is 1. The molecule has 3 amide bonds. The number of benzene rings is 3. The average Bonchev–Trinajstić information content (AvgIpc) is 4.00. The van der Waals surface area contributed by atoms with Crippen molar-refractivity contribution < 1.29 is 33.3 Å². The Kier molecular flexibility index (Phi) is 10.5. The van der Waals surface area contributed by atoms with Gasteiger partial charge in [-0.05, 0) is 103 Å². The summed E-state index contributed by atoms with van der Waals surface area (Å²) in [6.07, 6.45) is 3.05. The first-order chi connectivity index (χ1) is 27.7. The molecule has 2 fully saturated rings. The fraction of sp³-hybridized carbons (Fsp3) is 0.489. The lowest BCUT2D eigenvalue weighted by Crippen LogP contribution is -2.53. The van der Waals surface area contributed by atoms with Crippen LogP contribution in [0.2, 0.25) is 0 Å². The predicted octanol–water partition coefficient (Wildman–Crippen LogP) is 7.98. The van der Waals surface area contributed by atoms with Gasteiger partial charge >= 0.3 is 12.2 Å². The third-order valence-electron chi connectivity index (χ3n) is 11.8. The van der Waals surface area contributed by atoms with Crippen molar-refractivity contribution in [2.24, 2.45) is 22.7 Å². The Hall–Kier alpha value is -5.43. The standard InChI is InChI=1S/C45H54N6O7/c1-24(2)40(49-43(53)56-8)42(52)50-20-25(3)13-37(50)35-17-32-31-18-39-33(16-27(31)10-12-34(32)47-35)30-11-9-28(15-29(30)23-57-39)36-19-46-41(48-36)38-14-26(22-55-7)21-51(38)44(54)58-45(4,5)6/h9-12,15-16,18-19,24-26,37-38,40H,13-14,17,20-23H2,1-8H3,(H,46,48)(H,49,53)/t25-,26-,37-,38-,40?/m0/s1. The van der Waals surface area contributed by atoms with Crippen molar-refractivity contribution in [3.8, 4) is 28.1 Å². The lowest BCUT2D eigenvalue weighted by molar-refractivity contribution is -0.134. The SMILES string of the molecule is COC[C@H]1C[C@@H](c2ncc(-c3ccc4c(c3)COc3cc5c6c(ccc5cc3-4)N=C([C@@H]3C[C@H](C)CN3C(=O)C(NC(=O)OC)C(C)C)C6)[nH]2)N(C(=O)OC(C)(C)C)C1. The van der Waals surface area contributed by atoms with Crippen LogP contribution in [0, 0.1) is 17.8 Å². The average molecular weight is 791 g/mol. The van der Waals surface area contributed by atoms with Gasteiger partial charge in [0.2, 0.25) is 5.91 Å². The van der Waals surface area contributed by atoms with E-state index in [1.165, 1.54) is 7.11 Å². The first-order valence-electron chi connectivity index (χ1n) is 20.3. The van der Waals surface area contributed by atoms with Gasteiger partial charge < -0.3 is 34.1 Å². The molecule has 2 saturated heterocycles. The Labute approximate surface area is 339 Å². The molecule has 0 spiro atoms. The second-order valence-corrected chi connectivity index (χ2v) is 17.7. The van der Waals surface area contributed by atoms with Crippen molar-refractivity contribution in [2.75, 3.05) is 33.9 Å². The smallest absolute Gasteiger partial charge is 0.410 e. The lowest BCUT2D eigenvalue weighted by Gasteiger charge is -2.31. The third-order valence-corrected chi connectivity index (χ3v) is 11.8. The van der Waals surface area contributed by atoms with Crippen LogP contribution in [0.3, 0.4) is 0 Å². The van der Waals surface area contributed by atoms with Crippen LogP contribution in [-0.2, 0) is 32.0 Å². The maximum absolute atomic E-state index is 13.9. The van der Waals surface area contributed by atoms with Crippen LogP contribution in [0.4, 0.5) is 15.3 Å². The second kappa shape index (κ2) is 15.4.